The summed E-state index contributed by atoms with van der Waals surface area (Å²) in [6, 6.07) is 7.61. The second-order valence-corrected chi connectivity index (χ2v) is 7.50. The summed E-state index contributed by atoms with van der Waals surface area (Å²) in [5, 5.41) is 7.76. The number of hydrogen-bond donors (Lipinski definition) is 3. The van der Waals surface area contributed by atoms with Gasteiger partial charge in [0.2, 0.25) is 0 Å². The average molecular weight is 398 g/mol. The van der Waals surface area contributed by atoms with Gasteiger partial charge in [0, 0.05) is 42.7 Å². The highest BCUT2D eigenvalue weighted by Crippen LogP contribution is 2.47. The number of anilines is 2. The van der Waals surface area contributed by atoms with Crippen LogP contribution in [0.2, 0.25) is 0 Å². The van der Waals surface area contributed by atoms with Crippen molar-refractivity contribution in [3.05, 3.63) is 59.2 Å². The van der Waals surface area contributed by atoms with Gasteiger partial charge in [-0.25, -0.2) is 13.6 Å². The normalized spacial score (nSPS) is 24.1. The molecule has 1 saturated carbocycles. The molecule has 0 spiro atoms. The maximum atomic E-state index is 13.9. The Hall–Kier alpha value is -3.49. The van der Waals surface area contributed by atoms with Gasteiger partial charge in [-0.1, -0.05) is 0 Å². The average Bonchev–Trinajstić information content (AvgIpc) is 2.99. The molecular formula is C20H16F2N4O3. The zero-order valence-corrected chi connectivity index (χ0v) is 15.0. The first-order chi connectivity index (χ1) is 13.9. The smallest absolute Gasteiger partial charge is 0.319 e. The van der Waals surface area contributed by atoms with Crippen LogP contribution in [0, 0.1) is 23.5 Å². The first-order valence-electron chi connectivity index (χ1n) is 9.18. The zero-order chi connectivity index (χ0) is 20.3. The summed E-state index contributed by atoms with van der Waals surface area (Å²) in [6.45, 7) is 1.17. The van der Waals surface area contributed by atoms with Gasteiger partial charge < -0.3 is 15.5 Å². The van der Waals surface area contributed by atoms with E-state index in [0.29, 0.717) is 24.5 Å². The SMILES string of the molecule is O=C(Nc1ccc2c(c1)C(=O)NC2=O)NC1C2CN(c3ccc(F)cc3F)CC21. The highest BCUT2D eigenvalue weighted by atomic mass is 19.1. The number of piperidine rings is 1. The summed E-state index contributed by atoms with van der Waals surface area (Å²) in [4.78, 5) is 37.4. The minimum Gasteiger partial charge on any atom is -0.368 e. The van der Waals surface area contributed by atoms with Crippen LogP contribution in [0.5, 0.6) is 0 Å². The molecular weight excluding hydrogens is 382 g/mol. The van der Waals surface area contributed by atoms with Crippen LogP contribution in [0.3, 0.4) is 0 Å². The summed E-state index contributed by atoms with van der Waals surface area (Å²) in [6.07, 6.45) is 0. The lowest BCUT2D eigenvalue weighted by atomic mass is 10.1. The van der Waals surface area contributed by atoms with E-state index in [1.54, 1.807) is 6.07 Å². The fourth-order valence-electron chi connectivity index (χ4n) is 4.24. The Morgan fingerprint density at radius 3 is 2.45 bits per heavy atom. The number of halogens is 2. The summed E-state index contributed by atoms with van der Waals surface area (Å²) >= 11 is 0. The third-order valence-corrected chi connectivity index (χ3v) is 5.74. The second kappa shape index (κ2) is 6.26. The number of nitrogens with one attached hydrogen (secondary N) is 3. The molecule has 2 heterocycles. The van der Waals surface area contributed by atoms with Gasteiger partial charge in [0.1, 0.15) is 11.6 Å². The molecule has 9 heteroatoms. The zero-order valence-electron chi connectivity index (χ0n) is 15.0. The summed E-state index contributed by atoms with van der Waals surface area (Å²) < 4.78 is 27.0. The van der Waals surface area contributed by atoms with E-state index in [0.717, 1.165) is 6.07 Å². The quantitative estimate of drug-likeness (QED) is 0.691. The minimum atomic E-state index is -0.611. The van der Waals surface area contributed by atoms with Crippen molar-refractivity contribution in [2.24, 2.45) is 11.8 Å². The molecule has 29 heavy (non-hydrogen) atoms. The van der Waals surface area contributed by atoms with E-state index in [4.69, 9.17) is 0 Å². The Bertz CT molecular complexity index is 1060. The fourth-order valence-corrected chi connectivity index (χ4v) is 4.24. The monoisotopic (exact) mass is 398 g/mol. The maximum Gasteiger partial charge on any atom is 0.319 e. The van der Waals surface area contributed by atoms with Crippen LogP contribution >= 0.6 is 0 Å². The van der Waals surface area contributed by atoms with Gasteiger partial charge in [-0.2, -0.15) is 0 Å². The standard InChI is InChI=1S/C20H16F2N4O3/c21-9-1-4-16(15(22)5-9)26-7-13-14(8-26)17(13)24-20(29)23-10-2-3-11-12(6-10)19(28)25-18(11)27/h1-6,13-14,17H,7-8H2,(H2,23,24,29)(H,25,27,28). The van der Waals surface area contributed by atoms with Crippen LogP contribution in [0.4, 0.5) is 25.0 Å². The van der Waals surface area contributed by atoms with Crippen molar-refractivity contribution < 1.29 is 23.2 Å². The van der Waals surface area contributed by atoms with E-state index < -0.39 is 29.5 Å². The predicted octanol–water partition coefficient (Wildman–Crippen LogP) is 2.10. The van der Waals surface area contributed by atoms with Gasteiger partial charge in [0.05, 0.1) is 16.8 Å². The molecule has 2 aliphatic heterocycles. The number of urea groups is 1. The first kappa shape index (κ1) is 17.6. The van der Waals surface area contributed by atoms with Crippen LogP contribution in [0.25, 0.3) is 0 Å². The van der Waals surface area contributed by atoms with Gasteiger partial charge in [0.25, 0.3) is 11.8 Å². The van der Waals surface area contributed by atoms with E-state index in [-0.39, 0.29) is 29.0 Å². The summed E-state index contributed by atoms with van der Waals surface area (Å²) in [5.41, 5.74) is 1.29. The number of hydrogen-bond acceptors (Lipinski definition) is 4. The van der Waals surface area contributed by atoms with Crippen molar-refractivity contribution in [3.63, 3.8) is 0 Å². The fraction of sp³-hybridized carbons (Fsp3) is 0.250. The molecule has 1 saturated heterocycles. The Labute approximate surface area is 164 Å². The number of nitrogens with zero attached hydrogens (tertiary/aromatic N) is 1. The molecule has 2 aromatic rings. The van der Waals surface area contributed by atoms with E-state index >= 15 is 0 Å². The number of amides is 4. The van der Waals surface area contributed by atoms with E-state index in [9.17, 15) is 23.2 Å². The van der Waals surface area contributed by atoms with E-state index in [1.165, 1.54) is 24.3 Å². The molecule has 5 rings (SSSR count). The molecule has 2 aromatic carbocycles. The molecule has 1 aliphatic carbocycles. The van der Waals surface area contributed by atoms with Crippen LogP contribution in [0.1, 0.15) is 20.7 Å². The van der Waals surface area contributed by atoms with Crippen molar-refractivity contribution in [1.82, 2.24) is 10.6 Å². The molecule has 3 N–H and O–H groups in total. The van der Waals surface area contributed by atoms with Crippen molar-refractivity contribution in [1.29, 1.82) is 0 Å². The topological polar surface area (TPSA) is 90.5 Å². The molecule has 0 aromatic heterocycles. The highest BCUT2D eigenvalue weighted by molar-refractivity contribution is 6.22. The van der Waals surface area contributed by atoms with Gasteiger partial charge in [0.15, 0.2) is 0 Å². The molecule has 148 valence electrons. The number of carbonyl (C=O) groups excluding carboxylic acids is 3. The molecule has 2 fully saturated rings. The largest absolute Gasteiger partial charge is 0.368 e. The number of carbonyl (C=O) groups is 3. The lowest BCUT2D eigenvalue weighted by Gasteiger charge is -2.23. The molecule has 2 unspecified atom stereocenters. The number of rotatable bonds is 3. The summed E-state index contributed by atoms with van der Waals surface area (Å²) in [5.74, 6) is -1.73. The van der Waals surface area contributed by atoms with Crippen LogP contribution < -0.4 is 20.9 Å². The number of fused-ring (bicyclic) bond motifs is 2. The molecule has 4 amide bonds. The molecule has 0 radical (unpaired) electrons. The van der Waals surface area contributed by atoms with Gasteiger partial charge in [-0.05, 0) is 30.3 Å². The third-order valence-electron chi connectivity index (χ3n) is 5.74. The molecule has 7 nitrogen and oxygen atoms in total. The number of benzene rings is 2. The lowest BCUT2D eigenvalue weighted by molar-refractivity contribution is 0.0879. The Balaban J connectivity index is 1.18. The van der Waals surface area contributed by atoms with Crippen molar-refractivity contribution in [2.75, 3.05) is 23.3 Å². The molecule has 2 atom stereocenters. The third kappa shape index (κ3) is 2.98. The Morgan fingerprint density at radius 2 is 1.72 bits per heavy atom. The highest BCUT2D eigenvalue weighted by Gasteiger charge is 2.56. The second-order valence-electron chi connectivity index (χ2n) is 7.50. The molecule has 3 aliphatic rings. The lowest BCUT2D eigenvalue weighted by Crippen LogP contribution is -2.37. The van der Waals surface area contributed by atoms with Crippen molar-refractivity contribution in [3.8, 4) is 0 Å². The van der Waals surface area contributed by atoms with Gasteiger partial charge in [-0.3, -0.25) is 14.9 Å². The predicted molar refractivity (Wildman–Crippen MR) is 99.7 cm³/mol. The number of imide groups is 1. The minimum absolute atomic E-state index is 0.0194. The Kier molecular flexibility index (Phi) is 3.80. The van der Waals surface area contributed by atoms with Gasteiger partial charge in [-0.15, -0.1) is 0 Å². The van der Waals surface area contributed by atoms with Crippen LogP contribution in [-0.4, -0.2) is 37.0 Å². The van der Waals surface area contributed by atoms with Crippen LogP contribution in [0.15, 0.2) is 36.4 Å². The maximum absolute atomic E-state index is 13.9. The van der Waals surface area contributed by atoms with Gasteiger partial charge >= 0.3 is 6.03 Å². The van der Waals surface area contributed by atoms with E-state index in [1.807, 2.05) is 4.90 Å². The first-order valence-corrected chi connectivity index (χ1v) is 9.18. The van der Waals surface area contributed by atoms with Crippen molar-refractivity contribution >= 4 is 29.2 Å². The van der Waals surface area contributed by atoms with E-state index in [2.05, 4.69) is 16.0 Å². The van der Waals surface area contributed by atoms with Crippen molar-refractivity contribution in [2.45, 2.75) is 6.04 Å². The molecule has 0 bridgehead atoms. The van der Waals surface area contributed by atoms with Crippen LogP contribution in [-0.2, 0) is 0 Å². The summed E-state index contributed by atoms with van der Waals surface area (Å²) in [7, 11) is 0. The Morgan fingerprint density at radius 1 is 1.00 bits per heavy atom.